The van der Waals surface area contributed by atoms with Crippen molar-refractivity contribution < 1.29 is 4.79 Å². The molecule has 0 saturated carbocycles. The number of aromatic nitrogens is 2. The Balaban J connectivity index is 1.40. The van der Waals surface area contributed by atoms with E-state index < -0.39 is 0 Å². The van der Waals surface area contributed by atoms with Gasteiger partial charge in [-0.2, -0.15) is 4.98 Å². The van der Waals surface area contributed by atoms with E-state index in [0.717, 1.165) is 54.0 Å². The van der Waals surface area contributed by atoms with E-state index in [1.54, 1.807) is 0 Å². The Morgan fingerprint density at radius 3 is 2.41 bits per heavy atom. The van der Waals surface area contributed by atoms with Gasteiger partial charge in [0.05, 0.1) is 5.52 Å². The monoisotopic (exact) mass is 493 g/mol. The summed E-state index contributed by atoms with van der Waals surface area (Å²) in [6, 6.07) is 22.0. The first kappa shape index (κ1) is 24.3. The first-order chi connectivity index (χ1) is 18.0. The van der Waals surface area contributed by atoms with E-state index in [4.69, 9.17) is 9.97 Å². The number of fused-ring (bicyclic) bond motifs is 1. The number of hydrogen-bond acceptors (Lipinski definition) is 7. The third-order valence-electron chi connectivity index (χ3n) is 6.42. The van der Waals surface area contributed by atoms with Crippen LogP contribution in [0, 0.1) is 6.92 Å². The molecular formula is C29H31N7O. The minimum absolute atomic E-state index is 0.259. The molecule has 4 aromatic rings. The molecular weight excluding hydrogens is 462 g/mol. The fourth-order valence-electron chi connectivity index (χ4n) is 4.35. The molecule has 5 rings (SSSR count). The van der Waals surface area contributed by atoms with E-state index in [0.29, 0.717) is 17.5 Å². The highest BCUT2D eigenvalue weighted by Gasteiger charge is 2.14. The second-order valence-corrected chi connectivity index (χ2v) is 9.28. The highest BCUT2D eigenvalue weighted by molar-refractivity contribution is 5.99. The van der Waals surface area contributed by atoms with Crippen molar-refractivity contribution in [1.82, 2.24) is 14.9 Å². The molecule has 0 aliphatic carbocycles. The standard InChI is InChI=1S/C29H31N7O/c1-4-27(37)30-22-6-5-7-23(19-22)31-28-25-18-20(2)8-13-26(25)33-29(34-28)32-21-9-11-24(12-10-21)36-16-14-35(3)15-17-36/h4-13,18-19H,1,14-17H2,2-3H3,(H,30,37)(H2,31,32,33,34). The van der Waals surface area contributed by atoms with Crippen LogP contribution in [0.3, 0.4) is 0 Å². The van der Waals surface area contributed by atoms with Crippen LogP contribution >= 0.6 is 0 Å². The smallest absolute Gasteiger partial charge is 0.247 e. The molecule has 2 heterocycles. The number of nitrogens with one attached hydrogen (secondary N) is 3. The van der Waals surface area contributed by atoms with E-state index in [9.17, 15) is 4.79 Å². The third-order valence-corrected chi connectivity index (χ3v) is 6.42. The summed E-state index contributed by atoms with van der Waals surface area (Å²) in [7, 11) is 2.16. The van der Waals surface area contributed by atoms with Crippen LogP contribution in [0.5, 0.6) is 0 Å². The van der Waals surface area contributed by atoms with Crippen LogP contribution in [-0.2, 0) is 4.79 Å². The minimum Gasteiger partial charge on any atom is -0.369 e. The number of aryl methyl sites for hydroxylation is 1. The van der Waals surface area contributed by atoms with Gasteiger partial charge in [0.1, 0.15) is 5.82 Å². The van der Waals surface area contributed by atoms with Gasteiger partial charge < -0.3 is 25.8 Å². The van der Waals surface area contributed by atoms with Crippen molar-refractivity contribution in [2.75, 3.05) is 54.1 Å². The van der Waals surface area contributed by atoms with Gasteiger partial charge in [-0.1, -0.05) is 24.3 Å². The van der Waals surface area contributed by atoms with Gasteiger partial charge >= 0.3 is 0 Å². The lowest BCUT2D eigenvalue weighted by Crippen LogP contribution is -2.44. The van der Waals surface area contributed by atoms with Crippen molar-refractivity contribution in [2.45, 2.75) is 6.92 Å². The number of hydrogen-bond donors (Lipinski definition) is 3. The van der Waals surface area contributed by atoms with Crippen molar-refractivity contribution >= 4 is 51.3 Å². The quantitative estimate of drug-likeness (QED) is 0.301. The van der Waals surface area contributed by atoms with Gasteiger partial charge in [-0.15, -0.1) is 0 Å². The summed E-state index contributed by atoms with van der Waals surface area (Å²) >= 11 is 0. The number of piperazine rings is 1. The van der Waals surface area contributed by atoms with Gasteiger partial charge in [0.2, 0.25) is 11.9 Å². The van der Waals surface area contributed by atoms with Gasteiger partial charge in [0.25, 0.3) is 0 Å². The second kappa shape index (κ2) is 10.7. The summed E-state index contributed by atoms with van der Waals surface area (Å²) in [4.78, 5) is 26.0. The minimum atomic E-state index is -0.259. The summed E-state index contributed by atoms with van der Waals surface area (Å²) in [5.41, 5.74) is 5.56. The van der Waals surface area contributed by atoms with E-state index in [1.807, 2.05) is 43.3 Å². The number of amides is 1. The fourth-order valence-corrected chi connectivity index (χ4v) is 4.35. The zero-order valence-electron chi connectivity index (χ0n) is 21.2. The molecule has 1 aliphatic heterocycles. The molecule has 0 bridgehead atoms. The second-order valence-electron chi connectivity index (χ2n) is 9.28. The van der Waals surface area contributed by atoms with Crippen LogP contribution in [0.25, 0.3) is 10.9 Å². The molecule has 1 amide bonds. The summed E-state index contributed by atoms with van der Waals surface area (Å²) in [6.45, 7) is 9.76. The Morgan fingerprint density at radius 2 is 1.65 bits per heavy atom. The predicted molar refractivity (Wildman–Crippen MR) is 152 cm³/mol. The van der Waals surface area contributed by atoms with E-state index in [-0.39, 0.29) is 5.91 Å². The van der Waals surface area contributed by atoms with Crippen molar-refractivity contribution in [3.8, 4) is 0 Å². The van der Waals surface area contributed by atoms with Crippen LogP contribution in [-0.4, -0.2) is 54.0 Å². The Kier molecular flexibility index (Phi) is 7.00. The maximum Gasteiger partial charge on any atom is 0.247 e. The van der Waals surface area contributed by atoms with Crippen molar-refractivity contribution in [1.29, 1.82) is 0 Å². The van der Waals surface area contributed by atoms with E-state index in [2.05, 4.69) is 69.7 Å². The molecule has 1 aromatic heterocycles. The van der Waals surface area contributed by atoms with Crippen LogP contribution in [0.1, 0.15) is 5.56 Å². The number of nitrogens with zero attached hydrogens (tertiary/aromatic N) is 4. The van der Waals surface area contributed by atoms with Crippen molar-refractivity contribution in [3.63, 3.8) is 0 Å². The van der Waals surface area contributed by atoms with Crippen LogP contribution in [0.2, 0.25) is 0 Å². The van der Waals surface area contributed by atoms with Crippen LogP contribution < -0.4 is 20.9 Å². The zero-order valence-corrected chi connectivity index (χ0v) is 21.2. The van der Waals surface area contributed by atoms with Gasteiger partial charge in [-0.05, 0) is 74.6 Å². The molecule has 37 heavy (non-hydrogen) atoms. The van der Waals surface area contributed by atoms with Crippen molar-refractivity contribution in [3.05, 3.63) is 84.9 Å². The highest BCUT2D eigenvalue weighted by atomic mass is 16.1. The Hall–Kier alpha value is -4.43. The molecule has 3 aromatic carbocycles. The number of carbonyl (C=O) groups is 1. The number of carbonyl (C=O) groups excluding carboxylic acids is 1. The number of anilines is 6. The van der Waals surface area contributed by atoms with Crippen molar-refractivity contribution in [2.24, 2.45) is 0 Å². The lowest BCUT2D eigenvalue weighted by atomic mass is 10.1. The van der Waals surface area contributed by atoms with E-state index >= 15 is 0 Å². The SMILES string of the molecule is C=CC(=O)Nc1cccc(Nc2nc(Nc3ccc(N4CCN(C)CC4)cc3)nc3ccc(C)cc23)c1. The first-order valence-corrected chi connectivity index (χ1v) is 12.4. The molecule has 8 nitrogen and oxygen atoms in total. The van der Waals surface area contributed by atoms with E-state index in [1.165, 1.54) is 11.8 Å². The molecule has 0 radical (unpaired) electrons. The number of rotatable bonds is 7. The molecule has 0 atom stereocenters. The molecule has 188 valence electrons. The first-order valence-electron chi connectivity index (χ1n) is 12.4. The normalized spacial score (nSPS) is 13.8. The highest BCUT2D eigenvalue weighted by Crippen LogP contribution is 2.29. The average molecular weight is 494 g/mol. The van der Waals surface area contributed by atoms with Gasteiger partial charge in [0.15, 0.2) is 0 Å². The Bertz CT molecular complexity index is 1430. The lowest BCUT2D eigenvalue weighted by Gasteiger charge is -2.34. The Morgan fingerprint density at radius 1 is 0.892 bits per heavy atom. The largest absolute Gasteiger partial charge is 0.369 e. The molecule has 0 unspecified atom stereocenters. The maximum atomic E-state index is 11.7. The zero-order chi connectivity index (χ0) is 25.8. The van der Waals surface area contributed by atoms with Gasteiger partial charge in [-0.3, -0.25) is 4.79 Å². The molecule has 3 N–H and O–H groups in total. The average Bonchev–Trinajstić information content (AvgIpc) is 2.90. The molecule has 8 heteroatoms. The summed E-state index contributed by atoms with van der Waals surface area (Å²) < 4.78 is 0. The summed E-state index contributed by atoms with van der Waals surface area (Å²) in [5, 5.41) is 10.5. The lowest BCUT2D eigenvalue weighted by molar-refractivity contribution is -0.111. The molecule has 1 fully saturated rings. The molecule has 1 aliphatic rings. The number of benzene rings is 3. The molecule has 0 spiro atoms. The fraction of sp³-hybridized carbons (Fsp3) is 0.207. The maximum absolute atomic E-state index is 11.7. The third kappa shape index (κ3) is 5.87. The van der Waals surface area contributed by atoms with Gasteiger partial charge in [-0.25, -0.2) is 4.98 Å². The summed E-state index contributed by atoms with van der Waals surface area (Å²) in [5.74, 6) is 0.921. The number of likely N-dealkylation sites (N-methyl/N-ethyl adjacent to an activating group) is 1. The van der Waals surface area contributed by atoms with Crippen LogP contribution in [0.4, 0.5) is 34.5 Å². The predicted octanol–water partition coefficient (Wildman–Crippen LogP) is 5.30. The molecule has 1 saturated heterocycles. The Labute approximate surface area is 217 Å². The van der Waals surface area contributed by atoms with Gasteiger partial charge in [0, 0.05) is 54.3 Å². The van der Waals surface area contributed by atoms with Crippen LogP contribution in [0.15, 0.2) is 79.4 Å². The summed E-state index contributed by atoms with van der Waals surface area (Å²) in [6.07, 6.45) is 1.25. The topological polar surface area (TPSA) is 85.4 Å².